The number of carbonyl (C=O) groups is 1. The lowest BCUT2D eigenvalue weighted by Gasteiger charge is -2.12. The smallest absolute Gasteiger partial charge is 0.224 e. The summed E-state index contributed by atoms with van der Waals surface area (Å²) in [5, 5.41) is 2.82. The Morgan fingerprint density at radius 2 is 2.18 bits per heavy atom. The van der Waals surface area contributed by atoms with Gasteiger partial charge in [0.2, 0.25) is 5.91 Å². The van der Waals surface area contributed by atoms with Gasteiger partial charge < -0.3 is 10.1 Å². The van der Waals surface area contributed by atoms with Gasteiger partial charge >= 0.3 is 0 Å². The molecule has 0 atom stereocenters. The molecule has 1 aromatic carbocycles. The van der Waals surface area contributed by atoms with Gasteiger partial charge in [0.1, 0.15) is 5.75 Å². The average molecular weight is 256 g/mol. The minimum Gasteiger partial charge on any atom is -0.492 e. The molecule has 17 heavy (non-hydrogen) atoms. The third kappa shape index (κ3) is 4.27. The molecular weight excluding hydrogens is 238 g/mol. The molecule has 0 bridgehead atoms. The molecule has 0 radical (unpaired) electrons. The molecule has 4 heteroatoms. The van der Waals surface area contributed by atoms with Crippen LogP contribution in [0.25, 0.3) is 0 Å². The van der Waals surface area contributed by atoms with Gasteiger partial charge in [0, 0.05) is 12.3 Å². The van der Waals surface area contributed by atoms with Crippen LogP contribution in [-0.2, 0) is 11.2 Å². The van der Waals surface area contributed by atoms with E-state index < -0.39 is 0 Å². The average Bonchev–Trinajstić information content (AvgIpc) is 2.33. The third-order valence-electron chi connectivity index (χ3n) is 2.32. The molecule has 1 aromatic rings. The van der Waals surface area contributed by atoms with Gasteiger partial charge in [-0.1, -0.05) is 13.0 Å². The predicted molar refractivity (Wildman–Crippen MR) is 71.0 cm³/mol. The Hall–Kier alpha value is -1.22. The maximum absolute atomic E-state index is 11.4. The SMILES string of the molecule is CCOc1cc(CCCl)ccc1NC(=O)CC. The third-order valence-corrected chi connectivity index (χ3v) is 2.51. The first-order valence-corrected chi connectivity index (χ1v) is 6.36. The number of benzene rings is 1. The molecule has 0 aliphatic carbocycles. The van der Waals surface area contributed by atoms with Gasteiger partial charge in [-0.3, -0.25) is 4.79 Å². The zero-order valence-corrected chi connectivity index (χ0v) is 11.0. The first kappa shape index (κ1) is 13.8. The Kier molecular flexibility index (Phi) is 5.84. The highest BCUT2D eigenvalue weighted by atomic mass is 35.5. The van der Waals surface area contributed by atoms with Crippen LogP contribution < -0.4 is 10.1 Å². The molecule has 0 unspecified atom stereocenters. The van der Waals surface area contributed by atoms with E-state index in [2.05, 4.69) is 5.32 Å². The van der Waals surface area contributed by atoms with Gasteiger partial charge in [0.05, 0.1) is 12.3 Å². The van der Waals surface area contributed by atoms with Crippen molar-refractivity contribution in [2.75, 3.05) is 17.8 Å². The number of ether oxygens (including phenoxy) is 1. The van der Waals surface area contributed by atoms with Gasteiger partial charge in [-0.05, 0) is 31.0 Å². The molecule has 0 fully saturated rings. The van der Waals surface area contributed by atoms with E-state index in [1.807, 2.05) is 32.0 Å². The minimum atomic E-state index is -0.0175. The lowest BCUT2D eigenvalue weighted by atomic mass is 10.1. The van der Waals surface area contributed by atoms with Crippen LogP contribution in [0.15, 0.2) is 18.2 Å². The predicted octanol–water partition coefficient (Wildman–Crippen LogP) is 3.22. The zero-order chi connectivity index (χ0) is 12.7. The van der Waals surface area contributed by atoms with Crippen LogP contribution in [0.1, 0.15) is 25.8 Å². The summed E-state index contributed by atoms with van der Waals surface area (Å²) >= 11 is 5.70. The molecule has 0 heterocycles. The van der Waals surface area contributed by atoms with Crippen LogP contribution in [-0.4, -0.2) is 18.4 Å². The lowest BCUT2D eigenvalue weighted by molar-refractivity contribution is -0.115. The molecular formula is C13H18ClNO2. The van der Waals surface area contributed by atoms with Crippen molar-refractivity contribution >= 4 is 23.2 Å². The van der Waals surface area contributed by atoms with Gasteiger partial charge in [0.25, 0.3) is 0 Å². The highest BCUT2D eigenvalue weighted by molar-refractivity contribution is 6.18. The fourth-order valence-corrected chi connectivity index (χ4v) is 1.67. The van der Waals surface area contributed by atoms with E-state index in [0.717, 1.165) is 17.7 Å². The highest BCUT2D eigenvalue weighted by Crippen LogP contribution is 2.26. The Labute approximate surface area is 107 Å². The molecule has 94 valence electrons. The minimum absolute atomic E-state index is 0.0175. The largest absolute Gasteiger partial charge is 0.492 e. The molecule has 3 nitrogen and oxygen atoms in total. The molecule has 1 N–H and O–H groups in total. The Bertz CT molecular complexity index is 380. The quantitative estimate of drug-likeness (QED) is 0.793. The topological polar surface area (TPSA) is 38.3 Å². The maximum Gasteiger partial charge on any atom is 0.224 e. The summed E-state index contributed by atoms with van der Waals surface area (Å²) in [4.78, 5) is 11.4. The van der Waals surface area contributed by atoms with Crippen molar-refractivity contribution in [3.05, 3.63) is 23.8 Å². The van der Waals surface area contributed by atoms with E-state index in [1.54, 1.807) is 0 Å². The fourth-order valence-electron chi connectivity index (χ4n) is 1.45. The molecule has 1 amide bonds. The number of aryl methyl sites for hydroxylation is 1. The van der Waals surface area contributed by atoms with Crippen molar-refractivity contribution in [1.29, 1.82) is 0 Å². The van der Waals surface area contributed by atoms with Gasteiger partial charge in [0.15, 0.2) is 0 Å². The number of nitrogens with one attached hydrogen (secondary N) is 1. The number of amides is 1. The van der Waals surface area contributed by atoms with Crippen LogP contribution >= 0.6 is 11.6 Å². The van der Waals surface area contributed by atoms with Gasteiger partial charge in [-0.25, -0.2) is 0 Å². The van der Waals surface area contributed by atoms with Crippen LogP contribution in [0.3, 0.4) is 0 Å². The second-order valence-electron chi connectivity index (χ2n) is 3.60. The molecule has 0 aliphatic heterocycles. The van der Waals surface area contributed by atoms with Crippen LogP contribution in [0.4, 0.5) is 5.69 Å². The summed E-state index contributed by atoms with van der Waals surface area (Å²) in [6.45, 7) is 4.30. The van der Waals surface area contributed by atoms with E-state index in [0.29, 0.717) is 24.7 Å². The molecule has 0 spiro atoms. The summed E-state index contributed by atoms with van der Waals surface area (Å²) in [7, 11) is 0. The van der Waals surface area contributed by atoms with Gasteiger partial charge in [-0.15, -0.1) is 11.6 Å². The Morgan fingerprint density at radius 3 is 2.76 bits per heavy atom. The first-order chi connectivity index (χ1) is 8.21. The first-order valence-electron chi connectivity index (χ1n) is 5.82. The lowest BCUT2D eigenvalue weighted by Crippen LogP contribution is -2.11. The Balaban J connectivity index is 2.90. The fraction of sp³-hybridized carbons (Fsp3) is 0.462. The van der Waals surface area contributed by atoms with Crippen molar-refractivity contribution < 1.29 is 9.53 Å². The molecule has 0 saturated carbocycles. The number of alkyl halides is 1. The summed E-state index contributed by atoms with van der Waals surface area (Å²) in [6, 6.07) is 5.74. The van der Waals surface area contributed by atoms with E-state index in [1.165, 1.54) is 0 Å². The number of rotatable bonds is 6. The van der Waals surface area contributed by atoms with E-state index >= 15 is 0 Å². The zero-order valence-electron chi connectivity index (χ0n) is 10.3. The molecule has 0 aliphatic rings. The molecule has 1 rings (SSSR count). The van der Waals surface area contributed by atoms with Crippen molar-refractivity contribution in [3.63, 3.8) is 0 Å². The molecule has 0 aromatic heterocycles. The number of hydrogen-bond acceptors (Lipinski definition) is 2. The van der Waals surface area contributed by atoms with Crippen LogP contribution in [0.2, 0.25) is 0 Å². The van der Waals surface area contributed by atoms with E-state index in [-0.39, 0.29) is 5.91 Å². The van der Waals surface area contributed by atoms with Crippen LogP contribution in [0.5, 0.6) is 5.75 Å². The number of halogens is 1. The normalized spacial score (nSPS) is 10.1. The monoisotopic (exact) mass is 255 g/mol. The number of anilines is 1. The van der Waals surface area contributed by atoms with Crippen molar-refractivity contribution in [2.24, 2.45) is 0 Å². The summed E-state index contributed by atoms with van der Waals surface area (Å²) < 4.78 is 5.51. The summed E-state index contributed by atoms with van der Waals surface area (Å²) in [6.07, 6.45) is 1.25. The highest BCUT2D eigenvalue weighted by Gasteiger charge is 2.07. The summed E-state index contributed by atoms with van der Waals surface area (Å²) in [5.74, 6) is 1.26. The molecule has 0 saturated heterocycles. The van der Waals surface area contributed by atoms with Crippen molar-refractivity contribution in [2.45, 2.75) is 26.7 Å². The van der Waals surface area contributed by atoms with Crippen LogP contribution in [0, 0.1) is 0 Å². The maximum atomic E-state index is 11.4. The number of carbonyl (C=O) groups excluding carboxylic acids is 1. The van der Waals surface area contributed by atoms with Crippen molar-refractivity contribution in [3.8, 4) is 5.75 Å². The number of hydrogen-bond donors (Lipinski definition) is 1. The Morgan fingerprint density at radius 1 is 1.41 bits per heavy atom. The second kappa shape index (κ2) is 7.17. The van der Waals surface area contributed by atoms with E-state index in [4.69, 9.17) is 16.3 Å². The van der Waals surface area contributed by atoms with Crippen molar-refractivity contribution in [1.82, 2.24) is 0 Å². The van der Waals surface area contributed by atoms with Gasteiger partial charge in [-0.2, -0.15) is 0 Å². The second-order valence-corrected chi connectivity index (χ2v) is 3.98. The standard InChI is InChI=1S/C13H18ClNO2/c1-3-13(16)15-11-6-5-10(7-8-14)9-12(11)17-4-2/h5-6,9H,3-4,7-8H2,1-2H3,(H,15,16). The van der Waals surface area contributed by atoms with E-state index in [9.17, 15) is 4.79 Å². The summed E-state index contributed by atoms with van der Waals surface area (Å²) in [5.41, 5.74) is 1.83.